The molecular weight excluding hydrogens is 261 g/mol. The van der Waals surface area contributed by atoms with Crippen molar-refractivity contribution in [2.24, 2.45) is 0 Å². The van der Waals surface area contributed by atoms with Crippen LogP contribution in [0.1, 0.15) is 11.1 Å². The van der Waals surface area contributed by atoms with Crippen LogP contribution in [0, 0.1) is 0 Å². The minimum atomic E-state index is -4.38. The molecule has 2 rings (SSSR count). The molecule has 0 radical (unpaired) electrons. The standard InChI is InChI=1S/C14H10ClF3/c15-9-12-7-6-11(8-13(12)14(16,17)18)10-4-2-1-3-5-10/h1-8H,9H2. The van der Waals surface area contributed by atoms with Crippen molar-refractivity contribution in [3.8, 4) is 11.1 Å². The molecule has 0 atom stereocenters. The van der Waals surface area contributed by atoms with E-state index in [1.165, 1.54) is 6.07 Å². The van der Waals surface area contributed by atoms with Gasteiger partial charge in [-0.15, -0.1) is 11.6 Å². The predicted octanol–water partition coefficient (Wildman–Crippen LogP) is 5.11. The summed E-state index contributed by atoms with van der Waals surface area (Å²) in [4.78, 5) is 0. The van der Waals surface area contributed by atoms with Crippen molar-refractivity contribution in [1.82, 2.24) is 0 Å². The lowest BCUT2D eigenvalue weighted by molar-refractivity contribution is -0.138. The Balaban J connectivity index is 2.53. The highest BCUT2D eigenvalue weighted by Gasteiger charge is 2.33. The molecule has 2 aromatic carbocycles. The summed E-state index contributed by atoms with van der Waals surface area (Å²) < 4.78 is 38.6. The van der Waals surface area contributed by atoms with Crippen LogP contribution in [-0.2, 0) is 12.1 Å². The van der Waals surface area contributed by atoms with Gasteiger partial charge in [0, 0.05) is 5.88 Å². The maximum Gasteiger partial charge on any atom is 0.416 e. The van der Waals surface area contributed by atoms with E-state index in [4.69, 9.17) is 11.6 Å². The molecular formula is C14H10ClF3. The lowest BCUT2D eigenvalue weighted by atomic mass is 9.99. The number of rotatable bonds is 2. The van der Waals surface area contributed by atoms with E-state index >= 15 is 0 Å². The van der Waals surface area contributed by atoms with Crippen LogP contribution in [0.4, 0.5) is 13.2 Å². The van der Waals surface area contributed by atoms with Gasteiger partial charge in [-0.1, -0.05) is 42.5 Å². The molecule has 0 saturated heterocycles. The van der Waals surface area contributed by atoms with Crippen LogP contribution in [0.2, 0.25) is 0 Å². The Morgan fingerprint density at radius 3 is 2.11 bits per heavy atom. The Morgan fingerprint density at radius 2 is 1.56 bits per heavy atom. The summed E-state index contributed by atoms with van der Waals surface area (Å²) in [6, 6.07) is 13.2. The van der Waals surface area contributed by atoms with Gasteiger partial charge in [-0.2, -0.15) is 13.2 Å². The normalized spacial score (nSPS) is 11.6. The van der Waals surface area contributed by atoms with Crippen molar-refractivity contribution in [2.75, 3.05) is 0 Å². The van der Waals surface area contributed by atoms with Crippen molar-refractivity contribution >= 4 is 11.6 Å². The number of alkyl halides is 4. The molecule has 2 aromatic rings. The van der Waals surface area contributed by atoms with Gasteiger partial charge in [-0.05, 0) is 22.8 Å². The molecule has 0 aliphatic rings. The third kappa shape index (κ3) is 2.67. The zero-order chi connectivity index (χ0) is 13.2. The summed E-state index contributed by atoms with van der Waals surface area (Å²) in [5, 5.41) is 0. The molecule has 18 heavy (non-hydrogen) atoms. The van der Waals surface area contributed by atoms with Gasteiger partial charge in [0.15, 0.2) is 0 Å². The molecule has 0 heterocycles. The highest BCUT2D eigenvalue weighted by molar-refractivity contribution is 6.17. The first-order valence-corrected chi connectivity index (χ1v) is 5.87. The van der Waals surface area contributed by atoms with Gasteiger partial charge in [-0.3, -0.25) is 0 Å². The molecule has 94 valence electrons. The second-order valence-electron chi connectivity index (χ2n) is 3.87. The van der Waals surface area contributed by atoms with Crippen molar-refractivity contribution < 1.29 is 13.2 Å². The molecule has 0 aliphatic carbocycles. The Kier molecular flexibility index (Phi) is 3.62. The van der Waals surface area contributed by atoms with Gasteiger partial charge >= 0.3 is 6.18 Å². The minimum absolute atomic E-state index is 0.101. The monoisotopic (exact) mass is 270 g/mol. The molecule has 0 bridgehead atoms. The van der Waals surface area contributed by atoms with Gasteiger partial charge in [0.1, 0.15) is 0 Å². The van der Waals surface area contributed by atoms with E-state index < -0.39 is 11.7 Å². The van der Waals surface area contributed by atoms with E-state index in [-0.39, 0.29) is 11.4 Å². The van der Waals surface area contributed by atoms with Crippen LogP contribution in [0.25, 0.3) is 11.1 Å². The van der Waals surface area contributed by atoms with Gasteiger partial charge in [-0.25, -0.2) is 0 Å². The highest BCUT2D eigenvalue weighted by atomic mass is 35.5. The van der Waals surface area contributed by atoms with E-state index in [1.807, 2.05) is 6.07 Å². The molecule has 0 aliphatic heterocycles. The second-order valence-corrected chi connectivity index (χ2v) is 4.14. The van der Waals surface area contributed by atoms with Crippen molar-refractivity contribution in [3.05, 3.63) is 59.7 Å². The molecule has 0 saturated carbocycles. The van der Waals surface area contributed by atoms with Crippen LogP contribution >= 0.6 is 11.6 Å². The first-order valence-electron chi connectivity index (χ1n) is 5.34. The maximum atomic E-state index is 12.9. The number of hydrogen-bond donors (Lipinski definition) is 0. The van der Waals surface area contributed by atoms with Crippen LogP contribution < -0.4 is 0 Å². The fraction of sp³-hybridized carbons (Fsp3) is 0.143. The fourth-order valence-electron chi connectivity index (χ4n) is 1.77. The lowest BCUT2D eigenvalue weighted by Crippen LogP contribution is -2.08. The van der Waals surface area contributed by atoms with Crippen molar-refractivity contribution in [2.45, 2.75) is 12.1 Å². The second kappa shape index (κ2) is 5.02. The summed E-state index contributed by atoms with van der Waals surface area (Å²) in [5.74, 6) is -0.149. The summed E-state index contributed by atoms with van der Waals surface area (Å²) in [7, 11) is 0. The molecule has 0 fully saturated rings. The van der Waals surface area contributed by atoms with Crippen LogP contribution in [0.3, 0.4) is 0 Å². The van der Waals surface area contributed by atoms with Crippen molar-refractivity contribution in [3.63, 3.8) is 0 Å². The fourth-order valence-corrected chi connectivity index (χ4v) is 2.00. The zero-order valence-electron chi connectivity index (χ0n) is 9.34. The Labute approximate surface area is 108 Å². The molecule has 0 N–H and O–H groups in total. The molecule has 0 spiro atoms. The van der Waals surface area contributed by atoms with Crippen LogP contribution in [0.15, 0.2) is 48.5 Å². The van der Waals surface area contributed by atoms with Crippen LogP contribution in [0.5, 0.6) is 0 Å². The predicted molar refractivity (Wildman–Crippen MR) is 66.4 cm³/mol. The molecule has 0 nitrogen and oxygen atoms in total. The van der Waals surface area contributed by atoms with E-state index in [9.17, 15) is 13.2 Å². The molecule has 0 aromatic heterocycles. The van der Waals surface area contributed by atoms with Gasteiger partial charge < -0.3 is 0 Å². The quantitative estimate of drug-likeness (QED) is 0.665. The molecule has 0 amide bonds. The number of hydrogen-bond acceptors (Lipinski definition) is 0. The molecule has 0 unspecified atom stereocenters. The van der Waals surface area contributed by atoms with E-state index in [2.05, 4.69) is 0 Å². The summed E-state index contributed by atoms with van der Waals surface area (Å²) in [6.07, 6.45) is -4.38. The molecule has 4 heteroatoms. The first kappa shape index (κ1) is 13.0. The third-order valence-electron chi connectivity index (χ3n) is 2.67. The van der Waals surface area contributed by atoms with Gasteiger partial charge in [0.25, 0.3) is 0 Å². The lowest BCUT2D eigenvalue weighted by Gasteiger charge is -2.13. The summed E-state index contributed by atoms with van der Waals surface area (Å²) in [5.41, 5.74) is 0.726. The zero-order valence-corrected chi connectivity index (χ0v) is 10.1. The van der Waals surface area contributed by atoms with Crippen LogP contribution in [-0.4, -0.2) is 0 Å². The minimum Gasteiger partial charge on any atom is -0.166 e. The van der Waals surface area contributed by atoms with E-state index in [0.29, 0.717) is 5.56 Å². The Bertz CT molecular complexity index is 532. The number of halogens is 4. The third-order valence-corrected chi connectivity index (χ3v) is 2.95. The van der Waals surface area contributed by atoms with E-state index in [1.54, 1.807) is 30.3 Å². The highest BCUT2D eigenvalue weighted by Crippen LogP contribution is 2.35. The summed E-state index contributed by atoms with van der Waals surface area (Å²) >= 11 is 5.54. The largest absolute Gasteiger partial charge is 0.416 e. The van der Waals surface area contributed by atoms with E-state index in [0.717, 1.165) is 11.6 Å². The Hall–Kier alpha value is -1.48. The smallest absolute Gasteiger partial charge is 0.166 e. The Morgan fingerprint density at radius 1 is 0.889 bits per heavy atom. The SMILES string of the molecule is FC(F)(F)c1cc(-c2ccccc2)ccc1CCl. The maximum absolute atomic E-state index is 12.9. The van der Waals surface area contributed by atoms with Crippen molar-refractivity contribution in [1.29, 1.82) is 0 Å². The average Bonchev–Trinajstić information content (AvgIpc) is 2.38. The number of benzene rings is 2. The summed E-state index contributed by atoms with van der Waals surface area (Å²) in [6.45, 7) is 0. The van der Waals surface area contributed by atoms with Gasteiger partial charge in [0.05, 0.1) is 5.56 Å². The van der Waals surface area contributed by atoms with Gasteiger partial charge in [0.2, 0.25) is 0 Å². The topological polar surface area (TPSA) is 0 Å². The average molecular weight is 271 g/mol. The first-order chi connectivity index (χ1) is 8.52.